The number of aryl methyl sites for hydroxylation is 2. The van der Waals surface area contributed by atoms with E-state index >= 15 is 0 Å². The van der Waals surface area contributed by atoms with Crippen molar-refractivity contribution in [3.8, 4) is 10.6 Å². The zero-order valence-corrected chi connectivity index (χ0v) is 13.5. The molecular formula is C13H18N4O3S. The molecule has 2 heterocycles. The van der Waals surface area contributed by atoms with E-state index < -0.39 is 5.97 Å². The van der Waals surface area contributed by atoms with E-state index in [2.05, 4.69) is 15.3 Å². The third kappa shape index (κ3) is 2.96. The third-order valence-electron chi connectivity index (χ3n) is 3.02. The Kier molecular flexibility index (Phi) is 4.69. The smallest absolute Gasteiger partial charge is 0.360 e. The number of nitrogens with zero attached hydrogens (tertiary/aromatic N) is 4. The summed E-state index contributed by atoms with van der Waals surface area (Å²) >= 11 is 1.50. The van der Waals surface area contributed by atoms with Gasteiger partial charge in [0.2, 0.25) is 0 Å². The first kappa shape index (κ1) is 15.6. The summed E-state index contributed by atoms with van der Waals surface area (Å²) in [6.07, 6.45) is 0. The summed E-state index contributed by atoms with van der Waals surface area (Å²) < 4.78 is 11.6. The molecule has 0 aliphatic heterocycles. The minimum atomic E-state index is -0.508. The van der Waals surface area contributed by atoms with Crippen LogP contribution in [0.15, 0.2) is 0 Å². The van der Waals surface area contributed by atoms with E-state index in [0.717, 1.165) is 15.6 Å². The van der Waals surface area contributed by atoms with Crippen molar-refractivity contribution < 1.29 is 14.3 Å². The summed E-state index contributed by atoms with van der Waals surface area (Å²) in [4.78, 5) is 17.2. The minimum absolute atomic E-state index is 0.0577. The van der Waals surface area contributed by atoms with Crippen LogP contribution in [0.5, 0.6) is 0 Å². The van der Waals surface area contributed by atoms with Gasteiger partial charge < -0.3 is 9.47 Å². The van der Waals surface area contributed by atoms with Gasteiger partial charge in [0, 0.05) is 7.11 Å². The second kappa shape index (κ2) is 6.31. The summed E-state index contributed by atoms with van der Waals surface area (Å²) in [5, 5.41) is 9.00. The monoisotopic (exact) mass is 310 g/mol. The number of hydrogen-bond acceptors (Lipinski definition) is 7. The van der Waals surface area contributed by atoms with Crippen molar-refractivity contribution in [2.45, 2.75) is 26.8 Å². The van der Waals surface area contributed by atoms with Crippen LogP contribution in [0.2, 0.25) is 0 Å². The van der Waals surface area contributed by atoms with Gasteiger partial charge in [0.25, 0.3) is 0 Å². The standard InChI is InChI=1S/C13H18N4O3S/c1-7(6-19-4)17-11(10(15-16-17)13(18)20-5)12-8(2)14-9(3)21-12/h7H,6H2,1-5H3. The van der Waals surface area contributed by atoms with Crippen molar-refractivity contribution in [1.82, 2.24) is 20.0 Å². The first-order valence-electron chi connectivity index (χ1n) is 6.46. The van der Waals surface area contributed by atoms with E-state index in [4.69, 9.17) is 9.47 Å². The largest absolute Gasteiger partial charge is 0.464 e. The number of aromatic nitrogens is 4. The van der Waals surface area contributed by atoms with Crippen molar-refractivity contribution in [3.63, 3.8) is 0 Å². The lowest BCUT2D eigenvalue weighted by Crippen LogP contribution is -2.14. The molecule has 0 aliphatic rings. The molecule has 0 fully saturated rings. The second-order valence-electron chi connectivity index (χ2n) is 4.67. The third-order valence-corrected chi connectivity index (χ3v) is 4.10. The van der Waals surface area contributed by atoms with Gasteiger partial charge in [-0.25, -0.2) is 14.5 Å². The molecule has 0 amide bonds. The van der Waals surface area contributed by atoms with Crippen LogP contribution >= 0.6 is 11.3 Å². The fourth-order valence-electron chi connectivity index (χ4n) is 2.11. The summed E-state index contributed by atoms with van der Waals surface area (Å²) in [5.74, 6) is -0.508. The van der Waals surface area contributed by atoms with Gasteiger partial charge in [0.05, 0.1) is 35.3 Å². The van der Waals surface area contributed by atoms with Crippen molar-refractivity contribution in [2.75, 3.05) is 20.8 Å². The second-order valence-corrected chi connectivity index (χ2v) is 5.88. The van der Waals surface area contributed by atoms with E-state index in [9.17, 15) is 4.79 Å². The highest BCUT2D eigenvalue weighted by Crippen LogP contribution is 2.33. The highest BCUT2D eigenvalue weighted by atomic mass is 32.1. The van der Waals surface area contributed by atoms with Gasteiger partial charge >= 0.3 is 5.97 Å². The average molecular weight is 310 g/mol. The number of methoxy groups -OCH3 is 2. The summed E-state index contributed by atoms with van der Waals surface area (Å²) in [6, 6.07) is -0.0577. The van der Waals surface area contributed by atoms with E-state index in [1.165, 1.54) is 18.4 Å². The normalized spacial score (nSPS) is 12.4. The Labute approximate surface area is 126 Å². The molecule has 2 aromatic rings. The maximum atomic E-state index is 11.9. The van der Waals surface area contributed by atoms with Gasteiger partial charge in [0.1, 0.15) is 5.69 Å². The molecule has 1 unspecified atom stereocenters. The Morgan fingerprint density at radius 3 is 2.62 bits per heavy atom. The molecule has 21 heavy (non-hydrogen) atoms. The zero-order chi connectivity index (χ0) is 15.6. The van der Waals surface area contributed by atoms with Gasteiger partial charge in [-0.05, 0) is 20.8 Å². The number of carbonyl (C=O) groups is 1. The van der Waals surface area contributed by atoms with Crippen molar-refractivity contribution in [1.29, 1.82) is 0 Å². The Bertz CT molecular complexity index is 650. The fraction of sp³-hybridized carbons (Fsp3) is 0.538. The molecule has 0 saturated heterocycles. The zero-order valence-electron chi connectivity index (χ0n) is 12.7. The molecule has 0 radical (unpaired) electrons. The first-order valence-corrected chi connectivity index (χ1v) is 7.28. The number of rotatable bonds is 5. The van der Waals surface area contributed by atoms with Crippen LogP contribution in [0.1, 0.15) is 34.2 Å². The van der Waals surface area contributed by atoms with Crippen molar-refractivity contribution in [3.05, 3.63) is 16.4 Å². The van der Waals surface area contributed by atoms with Crippen molar-refractivity contribution in [2.24, 2.45) is 0 Å². The molecule has 2 aromatic heterocycles. The number of ether oxygens (including phenoxy) is 2. The quantitative estimate of drug-likeness (QED) is 0.786. The van der Waals surface area contributed by atoms with Gasteiger partial charge in [-0.1, -0.05) is 5.21 Å². The van der Waals surface area contributed by atoms with Crippen LogP contribution in [-0.2, 0) is 9.47 Å². The SMILES string of the molecule is COCC(C)n1nnc(C(=O)OC)c1-c1sc(C)nc1C. The molecule has 0 aliphatic carbocycles. The Morgan fingerprint density at radius 1 is 1.38 bits per heavy atom. The minimum Gasteiger partial charge on any atom is -0.464 e. The molecule has 0 spiro atoms. The predicted octanol–water partition coefficient (Wildman–Crippen LogP) is 2.01. The Hall–Kier alpha value is -1.80. The summed E-state index contributed by atoms with van der Waals surface area (Å²) in [5.41, 5.74) is 1.68. The van der Waals surface area contributed by atoms with E-state index in [1.807, 2.05) is 20.8 Å². The summed E-state index contributed by atoms with van der Waals surface area (Å²) in [7, 11) is 2.95. The highest BCUT2D eigenvalue weighted by molar-refractivity contribution is 7.15. The van der Waals surface area contributed by atoms with Crippen LogP contribution in [0.25, 0.3) is 10.6 Å². The van der Waals surface area contributed by atoms with Gasteiger partial charge in [-0.2, -0.15) is 0 Å². The van der Waals surface area contributed by atoms with Gasteiger partial charge in [-0.3, -0.25) is 0 Å². The molecule has 1 atom stereocenters. The van der Waals surface area contributed by atoms with Crippen LogP contribution in [-0.4, -0.2) is 46.8 Å². The van der Waals surface area contributed by atoms with E-state index in [-0.39, 0.29) is 11.7 Å². The van der Waals surface area contributed by atoms with E-state index in [1.54, 1.807) is 11.8 Å². The molecule has 0 aromatic carbocycles. The molecule has 0 saturated carbocycles. The highest BCUT2D eigenvalue weighted by Gasteiger charge is 2.27. The molecule has 2 rings (SSSR count). The number of thiazole rings is 1. The fourth-order valence-corrected chi connectivity index (χ4v) is 3.07. The lowest BCUT2D eigenvalue weighted by molar-refractivity contribution is 0.0595. The van der Waals surface area contributed by atoms with Crippen LogP contribution in [0.4, 0.5) is 0 Å². The van der Waals surface area contributed by atoms with Crippen LogP contribution < -0.4 is 0 Å². The summed E-state index contributed by atoms with van der Waals surface area (Å²) in [6.45, 7) is 6.24. The number of esters is 1. The molecule has 0 bridgehead atoms. The lowest BCUT2D eigenvalue weighted by Gasteiger charge is -2.13. The first-order chi connectivity index (χ1) is 9.99. The van der Waals surface area contributed by atoms with E-state index in [0.29, 0.717) is 12.3 Å². The Balaban J connectivity index is 2.61. The average Bonchev–Trinajstić information content (AvgIpc) is 3.01. The molecule has 8 heteroatoms. The van der Waals surface area contributed by atoms with Gasteiger partial charge in [0.15, 0.2) is 5.69 Å². The maximum Gasteiger partial charge on any atom is 0.360 e. The van der Waals surface area contributed by atoms with Crippen LogP contribution in [0.3, 0.4) is 0 Å². The molecule has 0 N–H and O–H groups in total. The topological polar surface area (TPSA) is 79.1 Å². The van der Waals surface area contributed by atoms with Crippen molar-refractivity contribution >= 4 is 17.3 Å². The van der Waals surface area contributed by atoms with Gasteiger partial charge in [-0.15, -0.1) is 16.4 Å². The number of hydrogen-bond donors (Lipinski definition) is 0. The molecule has 114 valence electrons. The van der Waals surface area contributed by atoms with Crippen LogP contribution in [0, 0.1) is 13.8 Å². The Morgan fingerprint density at radius 2 is 2.10 bits per heavy atom. The lowest BCUT2D eigenvalue weighted by atomic mass is 10.2. The number of carbonyl (C=O) groups excluding carboxylic acids is 1. The molecule has 7 nitrogen and oxygen atoms in total. The maximum absolute atomic E-state index is 11.9. The predicted molar refractivity (Wildman–Crippen MR) is 78.5 cm³/mol. The molecular weight excluding hydrogens is 292 g/mol.